The number of alkyl carbamates (subject to hydrolysis) is 1. The van der Waals surface area contributed by atoms with Crippen molar-refractivity contribution >= 4 is 49.7 Å². The Bertz CT molecular complexity index is 1950. The molecule has 2 saturated heterocycles. The van der Waals surface area contributed by atoms with Gasteiger partial charge in [0.2, 0.25) is 11.8 Å². The molecule has 3 aliphatic heterocycles. The molecule has 0 aromatic heterocycles. The minimum Gasteiger partial charge on any atom is -0.462 e. The number of amides is 5. The number of cyclic esters (lactones) is 1. The first kappa shape index (κ1) is 49.1. The summed E-state index contributed by atoms with van der Waals surface area (Å²) < 4.78 is 30.2. The first-order valence-electron chi connectivity index (χ1n) is 23.4. The van der Waals surface area contributed by atoms with Crippen molar-refractivity contribution in [3.05, 3.63) is 53.1 Å². The van der Waals surface area contributed by atoms with Gasteiger partial charge in [0.1, 0.15) is 18.2 Å². The maximum absolute atomic E-state index is 13.3. The minimum atomic E-state index is -2.03. The maximum Gasteiger partial charge on any atom is 0.407 e. The number of hydrogen-bond acceptors (Lipinski definition) is 12. The summed E-state index contributed by atoms with van der Waals surface area (Å²) in [5.41, 5.74) is 2.16. The lowest BCUT2D eigenvalue weighted by Gasteiger charge is -2.44. The highest BCUT2D eigenvalue weighted by atomic mass is 28.4. The lowest BCUT2D eigenvalue weighted by molar-refractivity contribution is -0.160. The molecular weight excluding hydrogens is 837 g/mol. The Kier molecular flexibility index (Phi) is 16.7. The van der Waals surface area contributed by atoms with Crippen LogP contribution in [0.5, 0.6) is 0 Å². The second-order valence-corrected chi connectivity index (χ2v) is 24.4. The summed E-state index contributed by atoms with van der Waals surface area (Å²) in [6.07, 6.45) is 11.9. The molecule has 6 rings (SSSR count). The number of rotatable bonds is 20. The largest absolute Gasteiger partial charge is 0.462 e. The highest BCUT2D eigenvalue weighted by molar-refractivity contribution is 6.74. The van der Waals surface area contributed by atoms with Crippen LogP contribution in [0.3, 0.4) is 0 Å². The number of imide groups is 2. The SMILES string of the molecule is C[C@H]1C=C2C=C[C@H](C)[C@H](CC[C@@H]3C[C@@H](O[Si](C)(C)C(C)(C)C)CC(=O)O3)[C@H]2[C@@H](OC(=O)NCCOCCCCCOCCNc2cccc3c2C(=O)N(C2CCC(=O)NC2=O)C3=O)C1. The molecule has 0 spiro atoms. The summed E-state index contributed by atoms with van der Waals surface area (Å²) in [7, 11) is -2.03. The van der Waals surface area contributed by atoms with Crippen LogP contribution in [-0.2, 0) is 37.8 Å². The van der Waals surface area contributed by atoms with Gasteiger partial charge in [-0.05, 0) is 98.5 Å². The Morgan fingerprint density at radius 1 is 0.938 bits per heavy atom. The smallest absolute Gasteiger partial charge is 0.407 e. The van der Waals surface area contributed by atoms with E-state index in [9.17, 15) is 28.8 Å². The number of nitrogens with zero attached hydrogens (tertiary/aromatic N) is 1. The average molecular weight is 907 g/mol. The van der Waals surface area contributed by atoms with Crippen molar-refractivity contribution in [3.8, 4) is 0 Å². The predicted molar refractivity (Wildman–Crippen MR) is 243 cm³/mol. The van der Waals surface area contributed by atoms with E-state index in [-0.39, 0.29) is 77.0 Å². The Morgan fingerprint density at radius 2 is 1.67 bits per heavy atom. The molecule has 2 aliphatic carbocycles. The number of esters is 1. The third-order valence-electron chi connectivity index (χ3n) is 13.8. The lowest BCUT2D eigenvalue weighted by Crippen LogP contribution is -2.54. The van der Waals surface area contributed by atoms with Gasteiger partial charge in [0.05, 0.1) is 36.9 Å². The van der Waals surface area contributed by atoms with E-state index in [4.69, 9.17) is 23.4 Å². The summed E-state index contributed by atoms with van der Waals surface area (Å²) >= 11 is 0. The number of anilines is 1. The third kappa shape index (κ3) is 12.3. The number of piperidine rings is 1. The topological polar surface area (TPSA) is 188 Å². The van der Waals surface area contributed by atoms with Crippen molar-refractivity contribution in [2.75, 3.05) is 44.8 Å². The number of nitrogens with one attached hydrogen (secondary N) is 3. The summed E-state index contributed by atoms with van der Waals surface area (Å²) in [4.78, 5) is 77.1. The zero-order chi connectivity index (χ0) is 46.2. The number of unbranched alkanes of at least 4 members (excludes halogenated alkanes) is 2. The van der Waals surface area contributed by atoms with Gasteiger partial charge >= 0.3 is 12.1 Å². The molecule has 0 radical (unpaired) electrons. The standard InChI is InChI=1S/C48H70N4O11Si/c1-30-26-32-15-14-31(2)35(17-16-33-28-34(29-41(54)61-33)63-64(6,7)48(3,4)5)42(32)39(27-30)62-47(58)50-21-25-60-23-10-8-9-22-59-24-20-49-37-13-11-12-36-43(37)46(57)52(45(36)56)38-18-19-40(53)51-44(38)55/h11-15,26,30-31,33-35,38-39,42,49H,8-10,16-25,27-29H2,1-7H3,(H,50,58)(H,51,53,55)/t30-,31-,33+,34+,35-,38?,39-,42-/m0/s1. The number of fused-ring (bicyclic) bond motifs is 2. The Balaban J connectivity index is 0.844. The third-order valence-corrected chi connectivity index (χ3v) is 18.3. The zero-order valence-electron chi connectivity index (χ0n) is 38.8. The van der Waals surface area contributed by atoms with E-state index >= 15 is 0 Å². The molecule has 0 bridgehead atoms. The lowest BCUT2D eigenvalue weighted by atomic mass is 9.65. The molecule has 64 heavy (non-hydrogen) atoms. The highest BCUT2D eigenvalue weighted by Crippen LogP contribution is 2.46. The van der Waals surface area contributed by atoms with Crippen molar-refractivity contribution in [2.45, 2.75) is 141 Å². The van der Waals surface area contributed by atoms with Gasteiger partial charge in [0.15, 0.2) is 8.32 Å². The van der Waals surface area contributed by atoms with Crippen LogP contribution in [0.1, 0.15) is 120 Å². The van der Waals surface area contributed by atoms with Crippen molar-refractivity contribution in [3.63, 3.8) is 0 Å². The van der Waals surface area contributed by atoms with Crippen LogP contribution in [0.2, 0.25) is 18.1 Å². The second-order valence-electron chi connectivity index (χ2n) is 19.7. The molecule has 1 aromatic rings. The average Bonchev–Trinajstić information content (AvgIpc) is 3.47. The van der Waals surface area contributed by atoms with E-state index in [1.807, 2.05) is 0 Å². The van der Waals surface area contributed by atoms with E-state index in [1.54, 1.807) is 18.2 Å². The Morgan fingerprint density at radius 3 is 2.39 bits per heavy atom. The Labute approximate surface area is 379 Å². The fourth-order valence-electron chi connectivity index (χ4n) is 9.42. The molecule has 15 nitrogen and oxygen atoms in total. The summed E-state index contributed by atoms with van der Waals surface area (Å²) in [5, 5.41) is 8.34. The van der Waals surface area contributed by atoms with Crippen molar-refractivity contribution in [1.82, 2.24) is 15.5 Å². The van der Waals surface area contributed by atoms with Crippen molar-refractivity contribution < 1.29 is 52.1 Å². The maximum atomic E-state index is 13.3. The van der Waals surface area contributed by atoms with Crippen LogP contribution in [-0.4, -0.2) is 113 Å². The summed E-state index contributed by atoms with van der Waals surface area (Å²) in [6, 6.07) is 3.95. The number of benzene rings is 1. The van der Waals surface area contributed by atoms with Crippen LogP contribution in [0.25, 0.3) is 0 Å². The molecule has 5 aliphatic rings. The number of hydrogen-bond donors (Lipinski definition) is 3. The van der Waals surface area contributed by atoms with Gasteiger partial charge in [-0.15, -0.1) is 0 Å². The van der Waals surface area contributed by atoms with Gasteiger partial charge < -0.3 is 34.0 Å². The van der Waals surface area contributed by atoms with Gasteiger partial charge in [-0.2, -0.15) is 0 Å². The van der Waals surface area contributed by atoms with Gasteiger partial charge in [-0.1, -0.05) is 58.9 Å². The first-order chi connectivity index (χ1) is 30.4. The second kappa shape index (κ2) is 21.7. The molecule has 352 valence electrons. The summed E-state index contributed by atoms with van der Waals surface area (Å²) in [6.45, 7) is 18.1. The molecule has 1 aromatic carbocycles. The summed E-state index contributed by atoms with van der Waals surface area (Å²) in [5.74, 6) is -1.47. The van der Waals surface area contributed by atoms with Gasteiger partial charge in [0, 0.05) is 50.8 Å². The molecular formula is C48H70N4O11Si. The van der Waals surface area contributed by atoms with E-state index in [0.29, 0.717) is 58.0 Å². The quantitative estimate of drug-likeness (QED) is 0.0523. The number of allylic oxidation sites excluding steroid dienone is 3. The fourth-order valence-corrected chi connectivity index (χ4v) is 10.8. The normalized spacial score (nSPS) is 27.1. The monoisotopic (exact) mass is 906 g/mol. The van der Waals surface area contributed by atoms with E-state index in [0.717, 1.165) is 43.4 Å². The number of carbonyl (C=O) groups excluding carboxylic acids is 6. The van der Waals surface area contributed by atoms with Gasteiger partial charge in [-0.3, -0.25) is 34.2 Å². The van der Waals surface area contributed by atoms with Crippen LogP contribution >= 0.6 is 0 Å². The predicted octanol–water partition coefficient (Wildman–Crippen LogP) is 7.08. The van der Waals surface area contributed by atoms with Crippen LogP contribution in [0, 0.1) is 23.7 Å². The van der Waals surface area contributed by atoms with Crippen molar-refractivity contribution in [2.24, 2.45) is 23.7 Å². The van der Waals surface area contributed by atoms with Crippen LogP contribution < -0.4 is 16.0 Å². The van der Waals surface area contributed by atoms with Crippen LogP contribution in [0.15, 0.2) is 42.0 Å². The molecule has 3 heterocycles. The molecule has 2 fully saturated rings. The molecule has 16 heteroatoms. The van der Waals surface area contributed by atoms with E-state index in [2.05, 4.69) is 81.9 Å². The van der Waals surface area contributed by atoms with E-state index in [1.165, 1.54) is 5.57 Å². The fraction of sp³-hybridized carbons (Fsp3) is 0.667. The molecule has 8 atom stereocenters. The Hall–Kier alpha value is -4.38. The first-order valence-corrected chi connectivity index (χ1v) is 26.3. The molecule has 0 saturated carbocycles. The molecule has 5 amide bonds. The van der Waals surface area contributed by atoms with Crippen LogP contribution in [0.4, 0.5) is 10.5 Å². The molecule has 3 N–H and O–H groups in total. The van der Waals surface area contributed by atoms with Crippen molar-refractivity contribution in [1.29, 1.82) is 0 Å². The number of carbonyl (C=O) groups is 6. The molecule has 1 unspecified atom stereocenters. The van der Waals surface area contributed by atoms with E-state index < -0.39 is 44.1 Å². The minimum absolute atomic E-state index is 0.0580. The number of ether oxygens (including phenoxy) is 4. The van der Waals surface area contributed by atoms with Gasteiger partial charge in [0.25, 0.3) is 11.8 Å². The van der Waals surface area contributed by atoms with Gasteiger partial charge in [-0.25, -0.2) is 4.79 Å². The highest BCUT2D eigenvalue weighted by Gasteiger charge is 2.47. The zero-order valence-corrected chi connectivity index (χ0v) is 39.8.